The van der Waals surface area contributed by atoms with E-state index < -0.39 is 0 Å². The van der Waals surface area contributed by atoms with Crippen LogP contribution in [-0.2, 0) is 0 Å². The normalized spacial score (nSPS) is 10.9. The van der Waals surface area contributed by atoms with Gasteiger partial charge in [-0.1, -0.05) is 12.1 Å². The number of rotatable bonds is 3. The molecule has 1 heterocycles. The van der Waals surface area contributed by atoms with E-state index in [1.54, 1.807) is 0 Å². The molecule has 0 aliphatic carbocycles. The van der Waals surface area contributed by atoms with Crippen LogP contribution >= 0.6 is 12.2 Å². The SMILES string of the molecule is CCOc1cccc(-n2c(=S)[nH]c3cc(C)ccc32)c1. The Morgan fingerprint density at radius 1 is 1.20 bits per heavy atom. The Labute approximate surface area is 122 Å². The van der Waals surface area contributed by atoms with E-state index >= 15 is 0 Å². The molecule has 0 spiro atoms. The van der Waals surface area contributed by atoms with Crippen LogP contribution in [0.5, 0.6) is 5.75 Å². The van der Waals surface area contributed by atoms with Crippen molar-refractivity contribution < 1.29 is 4.74 Å². The molecule has 3 rings (SSSR count). The summed E-state index contributed by atoms with van der Waals surface area (Å²) in [5.41, 5.74) is 4.35. The molecular formula is C16H16N2OS. The molecule has 2 aromatic carbocycles. The molecule has 1 N–H and O–H groups in total. The first-order valence-corrected chi connectivity index (χ1v) is 7.04. The number of aryl methyl sites for hydroxylation is 1. The Morgan fingerprint density at radius 3 is 2.85 bits per heavy atom. The van der Waals surface area contributed by atoms with Crippen molar-refractivity contribution >= 4 is 23.3 Å². The number of aromatic nitrogens is 2. The molecule has 0 saturated heterocycles. The molecule has 0 amide bonds. The van der Waals surface area contributed by atoms with Crippen LogP contribution < -0.4 is 4.74 Å². The molecule has 0 atom stereocenters. The molecule has 0 aliphatic rings. The summed E-state index contributed by atoms with van der Waals surface area (Å²) in [6, 6.07) is 14.3. The van der Waals surface area contributed by atoms with Crippen molar-refractivity contribution in [2.45, 2.75) is 13.8 Å². The Kier molecular flexibility index (Phi) is 3.32. The molecular weight excluding hydrogens is 268 g/mol. The second-order valence-corrected chi connectivity index (χ2v) is 5.10. The van der Waals surface area contributed by atoms with E-state index in [2.05, 4.69) is 30.1 Å². The third kappa shape index (κ3) is 2.23. The van der Waals surface area contributed by atoms with Gasteiger partial charge in [-0.05, 0) is 55.9 Å². The maximum Gasteiger partial charge on any atom is 0.182 e. The third-order valence-electron chi connectivity index (χ3n) is 3.22. The zero-order chi connectivity index (χ0) is 14.1. The van der Waals surface area contributed by atoms with Gasteiger partial charge in [-0.25, -0.2) is 0 Å². The zero-order valence-electron chi connectivity index (χ0n) is 11.5. The molecule has 3 aromatic rings. The molecule has 0 unspecified atom stereocenters. The lowest BCUT2D eigenvalue weighted by Gasteiger charge is -2.08. The van der Waals surface area contributed by atoms with E-state index in [0.29, 0.717) is 11.4 Å². The first kappa shape index (κ1) is 12.9. The van der Waals surface area contributed by atoms with Crippen molar-refractivity contribution in [3.63, 3.8) is 0 Å². The lowest BCUT2D eigenvalue weighted by atomic mass is 10.2. The van der Waals surface area contributed by atoms with Crippen molar-refractivity contribution in [3.8, 4) is 11.4 Å². The Bertz CT molecular complexity index is 817. The maximum atomic E-state index is 5.56. The van der Waals surface area contributed by atoms with Crippen LogP contribution in [-0.4, -0.2) is 16.2 Å². The molecule has 0 saturated carbocycles. The van der Waals surface area contributed by atoms with Crippen molar-refractivity contribution in [1.29, 1.82) is 0 Å². The number of hydrogen-bond acceptors (Lipinski definition) is 2. The monoisotopic (exact) mass is 284 g/mol. The quantitative estimate of drug-likeness (QED) is 0.723. The molecule has 4 heteroatoms. The number of aromatic amines is 1. The van der Waals surface area contributed by atoms with Gasteiger partial charge >= 0.3 is 0 Å². The van der Waals surface area contributed by atoms with E-state index in [0.717, 1.165) is 22.5 Å². The van der Waals surface area contributed by atoms with Crippen molar-refractivity contribution in [2.24, 2.45) is 0 Å². The minimum atomic E-state index is 0.655. The van der Waals surface area contributed by atoms with Crippen LogP contribution in [0.2, 0.25) is 0 Å². The third-order valence-corrected chi connectivity index (χ3v) is 3.51. The van der Waals surface area contributed by atoms with Gasteiger partial charge in [-0.2, -0.15) is 0 Å². The van der Waals surface area contributed by atoms with Crippen LogP contribution in [0.4, 0.5) is 0 Å². The van der Waals surface area contributed by atoms with Gasteiger partial charge in [-0.3, -0.25) is 4.57 Å². The van der Waals surface area contributed by atoms with Gasteiger partial charge in [0.15, 0.2) is 4.77 Å². The molecule has 0 fully saturated rings. The smallest absolute Gasteiger partial charge is 0.182 e. The Hall–Kier alpha value is -2.07. The first-order valence-electron chi connectivity index (χ1n) is 6.63. The van der Waals surface area contributed by atoms with Gasteiger partial charge < -0.3 is 9.72 Å². The van der Waals surface area contributed by atoms with Crippen molar-refractivity contribution in [2.75, 3.05) is 6.61 Å². The second kappa shape index (κ2) is 5.13. The highest BCUT2D eigenvalue weighted by molar-refractivity contribution is 7.71. The van der Waals surface area contributed by atoms with Gasteiger partial charge in [0.05, 0.1) is 23.3 Å². The van der Waals surface area contributed by atoms with Crippen LogP contribution in [0.1, 0.15) is 12.5 Å². The summed E-state index contributed by atoms with van der Waals surface area (Å²) in [6.45, 7) is 4.71. The fourth-order valence-corrected chi connectivity index (χ4v) is 2.67. The number of ether oxygens (including phenoxy) is 1. The molecule has 1 aromatic heterocycles. The summed E-state index contributed by atoms with van der Waals surface area (Å²) >= 11 is 5.45. The van der Waals surface area contributed by atoms with Crippen LogP contribution in [0.15, 0.2) is 42.5 Å². The minimum Gasteiger partial charge on any atom is -0.494 e. The summed E-state index contributed by atoms with van der Waals surface area (Å²) in [7, 11) is 0. The van der Waals surface area contributed by atoms with Crippen molar-refractivity contribution in [1.82, 2.24) is 9.55 Å². The lowest BCUT2D eigenvalue weighted by molar-refractivity contribution is 0.340. The van der Waals surface area contributed by atoms with Crippen molar-refractivity contribution in [3.05, 3.63) is 52.8 Å². The fourth-order valence-electron chi connectivity index (χ4n) is 2.36. The molecule has 0 aliphatic heterocycles. The molecule has 0 radical (unpaired) electrons. The average Bonchev–Trinajstić information content (AvgIpc) is 2.74. The predicted octanol–water partition coefficient (Wildman–Crippen LogP) is 4.40. The number of hydrogen-bond donors (Lipinski definition) is 1. The first-order chi connectivity index (χ1) is 9.69. The number of imidazole rings is 1. The largest absolute Gasteiger partial charge is 0.494 e. The van der Waals surface area contributed by atoms with Gasteiger partial charge in [0.2, 0.25) is 0 Å². The standard InChI is InChI=1S/C16H16N2OS/c1-3-19-13-6-4-5-12(10-13)18-15-8-7-11(2)9-14(15)17-16(18)20/h4-10H,3H2,1-2H3,(H,17,20). The number of benzene rings is 2. The number of fused-ring (bicyclic) bond motifs is 1. The summed E-state index contributed by atoms with van der Waals surface area (Å²) < 4.78 is 8.29. The van der Waals surface area contributed by atoms with Crippen LogP contribution in [0.25, 0.3) is 16.7 Å². The van der Waals surface area contributed by atoms with E-state index in [1.807, 2.05) is 35.8 Å². The van der Waals surface area contributed by atoms with Gasteiger partial charge in [-0.15, -0.1) is 0 Å². The number of nitrogens with zero attached hydrogens (tertiary/aromatic N) is 1. The Morgan fingerprint density at radius 2 is 2.05 bits per heavy atom. The second-order valence-electron chi connectivity index (χ2n) is 4.72. The summed E-state index contributed by atoms with van der Waals surface area (Å²) in [4.78, 5) is 3.25. The van der Waals surface area contributed by atoms with Gasteiger partial charge in [0, 0.05) is 6.07 Å². The highest BCUT2D eigenvalue weighted by atomic mass is 32.1. The molecule has 0 bridgehead atoms. The topological polar surface area (TPSA) is 29.9 Å². The Balaban J connectivity index is 2.21. The predicted molar refractivity (Wildman–Crippen MR) is 84.4 cm³/mol. The highest BCUT2D eigenvalue weighted by Crippen LogP contribution is 2.23. The average molecular weight is 284 g/mol. The van der Waals surface area contributed by atoms with E-state index in [9.17, 15) is 0 Å². The summed E-state index contributed by atoms with van der Waals surface area (Å²) in [5.74, 6) is 0.855. The minimum absolute atomic E-state index is 0.655. The number of nitrogens with one attached hydrogen (secondary N) is 1. The van der Waals surface area contributed by atoms with Gasteiger partial charge in [0.25, 0.3) is 0 Å². The lowest BCUT2D eigenvalue weighted by Crippen LogP contribution is -1.96. The van der Waals surface area contributed by atoms with Gasteiger partial charge in [0.1, 0.15) is 5.75 Å². The molecule has 3 nitrogen and oxygen atoms in total. The van der Waals surface area contributed by atoms with Crippen LogP contribution in [0.3, 0.4) is 0 Å². The maximum absolute atomic E-state index is 5.56. The van der Waals surface area contributed by atoms with E-state index in [1.165, 1.54) is 5.56 Å². The van der Waals surface area contributed by atoms with E-state index in [-0.39, 0.29) is 0 Å². The summed E-state index contributed by atoms with van der Waals surface area (Å²) in [5, 5.41) is 0. The number of H-pyrrole nitrogens is 1. The highest BCUT2D eigenvalue weighted by Gasteiger charge is 2.07. The van der Waals surface area contributed by atoms with Crippen LogP contribution in [0, 0.1) is 11.7 Å². The molecule has 20 heavy (non-hydrogen) atoms. The zero-order valence-corrected chi connectivity index (χ0v) is 12.3. The fraction of sp³-hybridized carbons (Fsp3) is 0.188. The molecule has 102 valence electrons. The van der Waals surface area contributed by atoms with E-state index in [4.69, 9.17) is 17.0 Å². The summed E-state index contributed by atoms with van der Waals surface area (Å²) in [6.07, 6.45) is 0.